The van der Waals surface area contributed by atoms with E-state index in [0.29, 0.717) is 32.2 Å². The summed E-state index contributed by atoms with van der Waals surface area (Å²) in [7, 11) is -4.41. The topological polar surface area (TPSA) is 119 Å². The van der Waals surface area contributed by atoms with E-state index < -0.39 is 32.3 Å². The molecular weight excluding hydrogens is 756 g/mol. The van der Waals surface area contributed by atoms with Crippen molar-refractivity contribution in [3.63, 3.8) is 0 Å². The summed E-state index contributed by atoms with van der Waals surface area (Å²) < 4.78 is 34.2. The fraction of sp³-hybridized carbons (Fsp3) is 0.809. The van der Waals surface area contributed by atoms with Crippen molar-refractivity contribution in [3.8, 4) is 5.75 Å². The smallest absolute Gasteiger partial charge is 0.328 e. The summed E-state index contributed by atoms with van der Waals surface area (Å²) in [6, 6.07) is 2.91. The van der Waals surface area contributed by atoms with Gasteiger partial charge >= 0.3 is 12.0 Å². The number of halogens is 1. The number of urea groups is 1. The molecule has 10 heteroatoms. The maximum Gasteiger partial charge on any atom is 0.328 e. The van der Waals surface area contributed by atoms with E-state index in [-0.39, 0.29) is 23.0 Å². The van der Waals surface area contributed by atoms with Crippen molar-refractivity contribution >= 4 is 39.4 Å². The Morgan fingerprint density at radius 1 is 0.596 bits per heavy atom. The van der Waals surface area contributed by atoms with Crippen LogP contribution in [0.25, 0.3) is 0 Å². The van der Waals surface area contributed by atoms with Gasteiger partial charge < -0.3 is 10.1 Å². The molecule has 0 aromatic heterocycles. The third kappa shape index (κ3) is 25.2. The molecule has 1 aromatic carbocycles. The lowest BCUT2D eigenvalue weighted by Gasteiger charge is -2.26. The SMILES string of the molecule is CCCCCCCCCCCCCCCCCC(=O)C(C)(CCCCCCCCCCCCCCCC)C(=O)Oc1cc(Cl)ccc1S(=O)(=O)NC(=O)NCCC. The molecule has 330 valence electrons. The van der Waals surface area contributed by atoms with Crippen LogP contribution in [0.2, 0.25) is 5.02 Å². The Morgan fingerprint density at radius 2 is 1.00 bits per heavy atom. The Kier molecular flexibility index (Phi) is 31.2. The number of unbranched alkanes of at least 4 members (excludes halogenated alkanes) is 27. The average Bonchev–Trinajstić information content (AvgIpc) is 3.18. The molecule has 0 fully saturated rings. The summed E-state index contributed by atoms with van der Waals surface area (Å²) >= 11 is 6.23. The van der Waals surface area contributed by atoms with Crippen LogP contribution in [0.15, 0.2) is 23.1 Å². The number of carbonyl (C=O) groups is 3. The first-order valence-corrected chi connectivity index (χ1v) is 25.2. The van der Waals surface area contributed by atoms with Gasteiger partial charge in [-0.3, -0.25) is 9.59 Å². The number of nitrogens with one attached hydrogen (secondary N) is 2. The monoisotopic (exact) mass is 839 g/mol. The maximum atomic E-state index is 14.0. The molecule has 0 saturated carbocycles. The lowest BCUT2D eigenvalue weighted by molar-refractivity contribution is -0.152. The highest BCUT2D eigenvalue weighted by Gasteiger charge is 2.42. The van der Waals surface area contributed by atoms with Gasteiger partial charge in [0, 0.05) is 24.1 Å². The highest BCUT2D eigenvalue weighted by atomic mass is 35.5. The van der Waals surface area contributed by atoms with Crippen molar-refractivity contribution in [1.82, 2.24) is 10.0 Å². The Labute approximate surface area is 354 Å². The Hall–Kier alpha value is -2.13. The number of hydrogen-bond acceptors (Lipinski definition) is 6. The summed E-state index contributed by atoms with van der Waals surface area (Å²) in [6.45, 7) is 8.29. The summed E-state index contributed by atoms with van der Waals surface area (Å²) in [5, 5.41) is 2.63. The van der Waals surface area contributed by atoms with E-state index in [1.54, 1.807) is 6.92 Å². The van der Waals surface area contributed by atoms with E-state index in [0.717, 1.165) is 38.5 Å². The van der Waals surface area contributed by atoms with Crippen molar-refractivity contribution in [2.45, 2.75) is 238 Å². The van der Waals surface area contributed by atoms with Gasteiger partial charge in [0.2, 0.25) is 0 Å². The molecule has 0 aliphatic carbocycles. The Balaban J connectivity index is 2.73. The van der Waals surface area contributed by atoms with Crippen LogP contribution in [-0.2, 0) is 19.6 Å². The van der Waals surface area contributed by atoms with Crippen molar-refractivity contribution in [3.05, 3.63) is 23.2 Å². The number of benzene rings is 1. The van der Waals surface area contributed by atoms with Crippen LogP contribution in [0.5, 0.6) is 5.75 Å². The first kappa shape index (κ1) is 52.9. The molecule has 0 bridgehead atoms. The molecule has 1 atom stereocenters. The van der Waals surface area contributed by atoms with Crippen molar-refractivity contribution in [2.24, 2.45) is 5.41 Å². The lowest BCUT2D eigenvalue weighted by Crippen LogP contribution is -2.41. The summed E-state index contributed by atoms with van der Waals surface area (Å²) in [4.78, 5) is 39.7. The van der Waals surface area contributed by atoms with E-state index in [2.05, 4.69) is 19.2 Å². The highest BCUT2D eigenvalue weighted by molar-refractivity contribution is 7.90. The molecule has 57 heavy (non-hydrogen) atoms. The van der Waals surface area contributed by atoms with Crippen LogP contribution in [0.3, 0.4) is 0 Å². The zero-order valence-corrected chi connectivity index (χ0v) is 38.4. The molecule has 1 aromatic rings. The van der Waals surface area contributed by atoms with Crippen LogP contribution < -0.4 is 14.8 Å². The number of ether oxygens (including phenoxy) is 1. The fourth-order valence-corrected chi connectivity index (χ4v) is 8.61. The van der Waals surface area contributed by atoms with Gasteiger partial charge in [0.25, 0.3) is 10.0 Å². The van der Waals surface area contributed by atoms with Gasteiger partial charge in [0.15, 0.2) is 5.75 Å². The standard InChI is InChI=1S/C47H83ClN2O6S/c1-5-8-10-12-14-16-18-20-22-23-25-27-29-31-33-35-44(51)47(4,38-34-32-30-28-26-24-21-19-17-15-13-11-9-6-2)45(52)56-42-40-41(48)36-37-43(42)57(54,55)50-46(53)49-39-7-3/h36-37,40H,5-35,38-39H2,1-4H3,(H2,49,50,53). The van der Waals surface area contributed by atoms with Crippen molar-refractivity contribution < 1.29 is 27.5 Å². The number of ketones is 1. The van der Waals surface area contributed by atoms with Crippen LogP contribution in [0.1, 0.15) is 233 Å². The Bertz CT molecular complexity index is 1320. The highest BCUT2D eigenvalue weighted by Crippen LogP contribution is 2.34. The average molecular weight is 840 g/mol. The van der Waals surface area contributed by atoms with E-state index in [1.807, 2.05) is 11.6 Å². The number of amides is 2. The largest absolute Gasteiger partial charge is 0.424 e. The van der Waals surface area contributed by atoms with Crippen LogP contribution in [-0.4, -0.2) is 32.7 Å². The van der Waals surface area contributed by atoms with Crippen LogP contribution in [0, 0.1) is 5.41 Å². The second-order valence-corrected chi connectivity index (χ2v) is 18.7. The fourth-order valence-electron chi connectivity index (χ4n) is 7.41. The molecule has 0 heterocycles. The molecule has 1 unspecified atom stereocenters. The van der Waals surface area contributed by atoms with Gasteiger partial charge in [-0.15, -0.1) is 0 Å². The van der Waals surface area contributed by atoms with Crippen molar-refractivity contribution in [1.29, 1.82) is 0 Å². The number of Topliss-reactive ketones (excluding diaryl/α,β-unsaturated/α-hetero) is 1. The summed E-state index contributed by atoms with van der Waals surface area (Å²) in [6.07, 6.45) is 36.5. The van der Waals surface area contributed by atoms with E-state index >= 15 is 0 Å². The molecule has 0 spiro atoms. The molecular formula is C47H83ClN2O6S. The second kappa shape index (κ2) is 33.7. The number of esters is 1. The zero-order valence-electron chi connectivity index (χ0n) is 36.8. The van der Waals surface area contributed by atoms with E-state index in [9.17, 15) is 22.8 Å². The predicted octanol–water partition coefficient (Wildman–Crippen LogP) is 14.4. The molecule has 0 radical (unpaired) electrons. The molecule has 0 aliphatic rings. The van der Waals surface area contributed by atoms with Gasteiger partial charge in [-0.25, -0.2) is 17.9 Å². The number of hydrogen-bond donors (Lipinski definition) is 2. The second-order valence-electron chi connectivity index (χ2n) is 16.6. The summed E-state index contributed by atoms with van der Waals surface area (Å²) in [5.74, 6) is -1.28. The zero-order chi connectivity index (χ0) is 42.0. The van der Waals surface area contributed by atoms with E-state index in [4.69, 9.17) is 16.3 Å². The third-order valence-corrected chi connectivity index (χ3v) is 12.9. The Morgan fingerprint density at radius 3 is 1.42 bits per heavy atom. The molecule has 8 nitrogen and oxygen atoms in total. The molecule has 2 N–H and O–H groups in total. The lowest BCUT2D eigenvalue weighted by atomic mass is 9.78. The minimum absolute atomic E-state index is 0.157. The van der Waals surface area contributed by atoms with Gasteiger partial charge in [-0.05, 0) is 38.3 Å². The molecule has 1 rings (SSSR count). The molecule has 0 saturated heterocycles. The van der Waals surface area contributed by atoms with Gasteiger partial charge in [-0.1, -0.05) is 212 Å². The van der Waals surface area contributed by atoms with Crippen LogP contribution >= 0.6 is 11.6 Å². The van der Waals surface area contributed by atoms with Gasteiger partial charge in [0.05, 0.1) is 0 Å². The molecule has 2 amide bonds. The van der Waals surface area contributed by atoms with Crippen molar-refractivity contribution in [2.75, 3.05) is 6.54 Å². The number of rotatable bonds is 38. The molecule has 0 aliphatic heterocycles. The van der Waals surface area contributed by atoms with Gasteiger partial charge in [-0.2, -0.15) is 0 Å². The normalized spacial score (nSPS) is 12.6. The first-order chi connectivity index (χ1) is 27.5. The third-order valence-electron chi connectivity index (χ3n) is 11.3. The quantitative estimate of drug-likeness (QED) is 0.0296. The number of sulfonamides is 1. The predicted molar refractivity (Wildman–Crippen MR) is 239 cm³/mol. The van der Waals surface area contributed by atoms with Gasteiger partial charge in [0.1, 0.15) is 16.1 Å². The van der Waals surface area contributed by atoms with E-state index in [1.165, 1.54) is 153 Å². The summed E-state index contributed by atoms with van der Waals surface area (Å²) in [5.41, 5.74) is -1.44. The van der Waals surface area contributed by atoms with Crippen LogP contribution in [0.4, 0.5) is 4.79 Å². The minimum Gasteiger partial charge on any atom is -0.424 e. The number of carbonyl (C=O) groups excluding carboxylic acids is 3. The minimum atomic E-state index is -4.41. The maximum absolute atomic E-state index is 14.0. The first-order valence-electron chi connectivity index (χ1n) is 23.4.